The van der Waals surface area contributed by atoms with E-state index in [-0.39, 0.29) is 29.0 Å². The number of aromatic nitrogens is 1. The van der Waals surface area contributed by atoms with E-state index < -0.39 is 56.3 Å². The highest BCUT2D eigenvalue weighted by molar-refractivity contribution is 7.89. The van der Waals surface area contributed by atoms with Crippen LogP contribution in [-0.2, 0) is 32.1 Å². The topological polar surface area (TPSA) is 125 Å². The van der Waals surface area contributed by atoms with Gasteiger partial charge in [0.15, 0.2) is 0 Å². The van der Waals surface area contributed by atoms with Gasteiger partial charge in [0.2, 0.25) is 21.8 Å². The minimum atomic E-state index is -4.83. The highest BCUT2D eigenvalue weighted by Crippen LogP contribution is 2.64. The molecule has 0 spiro atoms. The highest BCUT2D eigenvalue weighted by atomic mass is 32.2. The number of fused-ring (bicyclic) bond motifs is 5. The fraction of sp³-hybridized carbons (Fsp3) is 0.450. The zero-order valence-corrected chi connectivity index (χ0v) is 18.1. The number of rotatable bonds is 4. The lowest BCUT2D eigenvalue weighted by Gasteiger charge is -2.30. The van der Waals surface area contributed by atoms with Crippen molar-refractivity contribution in [2.45, 2.75) is 50.6 Å². The molecule has 0 amide bonds. The minimum Gasteiger partial charge on any atom is -0.494 e. The summed E-state index contributed by atoms with van der Waals surface area (Å²) in [5.74, 6) is -1.26. The van der Waals surface area contributed by atoms with Crippen LogP contribution in [0.1, 0.15) is 49.4 Å². The Hall–Kier alpha value is -2.75. The Balaban J connectivity index is 1.90. The van der Waals surface area contributed by atoms with Crippen LogP contribution < -0.4 is 4.72 Å². The number of halogens is 3. The van der Waals surface area contributed by atoms with Gasteiger partial charge in [-0.25, -0.2) is 13.1 Å². The average Bonchev–Trinajstić information content (AvgIpc) is 3.21. The summed E-state index contributed by atoms with van der Waals surface area (Å²) in [7, 11) is -3.63. The van der Waals surface area contributed by atoms with Gasteiger partial charge < -0.3 is 14.9 Å². The van der Waals surface area contributed by atoms with Crippen LogP contribution in [0, 0.1) is 11.3 Å². The van der Waals surface area contributed by atoms with Crippen molar-refractivity contribution in [3.05, 3.63) is 40.5 Å². The zero-order valence-electron chi connectivity index (χ0n) is 17.3. The van der Waals surface area contributed by atoms with Crippen molar-refractivity contribution < 1.29 is 36.5 Å². The number of ether oxygens (including phenoxy) is 1. The van der Waals surface area contributed by atoms with Gasteiger partial charge in [0.05, 0.1) is 51.4 Å². The Morgan fingerprint density at radius 3 is 2.47 bits per heavy atom. The molecule has 3 unspecified atom stereocenters. The highest BCUT2D eigenvalue weighted by Gasteiger charge is 2.65. The Bertz CT molecular complexity index is 1280. The molecular formula is C20H20F3N3O5S. The van der Waals surface area contributed by atoms with Gasteiger partial charge in [0.1, 0.15) is 5.60 Å². The molecule has 3 heterocycles. The first-order chi connectivity index (χ1) is 14.7. The summed E-state index contributed by atoms with van der Waals surface area (Å²) in [6.45, 7) is 4.63. The molecule has 2 aliphatic heterocycles. The molecule has 2 aromatic rings. The average molecular weight is 471 g/mol. The van der Waals surface area contributed by atoms with Crippen molar-refractivity contribution in [2.75, 3.05) is 5.75 Å². The maximum absolute atomic E-state index is 13.4. The summed E-state index contributed by atoms with van der Waals surface area (Å²) in [6, 6.07) is 3.50. The molecule has 1 aromatic heterocycles. The summed E-state index contributed by atoms with van der Waals surface area (Å²) in [6.07, 6.45) is -4.68. The van der Waals surface area contributed by atoms with Gasteiger partial charge in [-0.3, -0.25) is 4.57 Å². The van der Waals surface area contributed by atoms with Crippen molar-refractivity contribution >= 4 is 10.0 Å². The van der Waals surface area contributed by atoms with E-state index in [2.05, 4.69) is 4.72 Å². The van der Waals surface area contributed by atoms with Crippen molar-refractivity contribution in [1.82, 2.24) is 9.29 Å². The predicted octanol–water partition coefficient (Wildman–Crippen LogP) is 2.95. The van der Waals surface area contributed by atoms with Crippen molar-refractivity contribution in [2.24, 2.45) is 0 Å². The van der Waals surface area contributed by atoms with Gasteiger partial charge in [0, 0.05) is 6.42 Å². The van der Waals surface area contributed by atoms with Crippen LogP contribution in [0.5, 0.6) is 11.8 Å². The smallest absolute Gasteiger partial charge is 0.417 e. The van der Waals surface area contributed by atoms with Gasteiger partial charge >= 0.3 is 6.18 Å². The molecule has 0 saturated carbocycles. The summed E-state index contributed by atoms with van der Waals surface area (Å²) in [5.41, 5.74) is -4.28. The first kappa shape index (κ1) is 22.4. The molecule has 12 heteroatoms. The molecule has 1 aromatic carbocycles. The number of hydrogen-bond acceptors (Lipinski definition) is 6. The fourth-order valence-corrected chi connectivity index (χ4v) is 5.67. The summed E-state index contributed by atoms with van der Waals surface area (Å²) in [4.78, 5) is 0. The first-order valence-electron chi connectivity index (χ1n) is 9.68. The maximum atomic E-state index is 13.4. The van der Waals surface area contributed by atoms with Crippen LogP contribution in [0.4, 0.5) is 13.2 Å². The Labute approximate surface area is 181 Å². The number of sulfonamides is 1. The normalized spacial score (nSPS) is 26.8. The second-order valence-electron chi connectivity index (χ2n) is 8.29. The number of nitrogens with zero attached hydrogens (tertiary/aromatic N) is 2. The molecule has 32 heavy (non-hydrogen) atoms. The number of nitrogens with one attached hydrogen (secondary N) is 1. The zero-order chi connectivity index (χ0) is 23.9. The van der Waals surface area contributed by atoms with Crippen LogP contribution in [0.3, 0.4) is 0 Å². The first-order valence-corrected chi connectivity index (χ1v) is 11.3. The maximum Gasteiger partial charge on any atom is 0.417 e. The van der Waals surface area contributed by atoms with Gasteiger partial charge in [-0.05, 0) is 39.0 Å². The van der Waals surface area contributed by atoms with Crippen LogP contribution in [0.25, 0.3) is 5.69 Å². The van der Waals surface area contributed by atoms with Gasteiger partial charge in [-0.15, -0.1) is 0 Å². The van der Waals surface area contributed by atoms with Gasteiger partial charge in [0.25, 0.3) is 0 Å². The van der Waals surface area contributed by atoms with Crippen molar-refractivity contribution in [1.29, 1.82) is 5.26 Å². The van der Waals surface area contributed by atoms with Crippen LogP contribution in [0.15, 0.2) is 18.2 Å². The number of nitriles is 1. The van der Waals surface area contributed by atoms with Crippen LogP contribution in [0.2, 0.25) is 0 Å². The molecule has 1 saturated heterocycles. The number of aromatic hydroxyl groups is 2. The summed E-state index contributed by atoms with van der Waals surface area (Å²) in [5, 5.41) is 30.9. The van der Waals surface area contributed by atoms with Crippen LogP contribution in [-0.4, -0.2) is 35.0 Å². The largest absolute Gasteiger partial charge is 0.494 e. The molecule has 0 radical (unpaired) electrons. The van der Waals surface area contributed by atoms with E-state index in [1.807, 2.05) is 0 Å². The number of hydrogen-bond donors (Lipinski definition) is 3. The van der Waals surface area contributed by atoms with E-state index in [1.165, 1.54) is 19.1 Å². The third kappa shape index (κ3) is 2.99. The second-order valence-corrected chi connectivity index (χ2v) is 10.3. The number of benzene rings is 1. The lowest BCUT2D eigenvalue weighted by molar-refractivity contribution is -0.137. The fourth-order valence-electron chi connectivity index (χ4n) is 4.76. The SMILES string of the molecule is CCS(=O)(=O)NC1CC2(C)OC1(C)c1c2c(O)n(-c2ccc(C#N)c(C(F)(F)F)c2)c1O. The molecule has 172 valence electrons. The van der Waals surface area contributed by atoms with Crippen molar-refractivity contribution in [3.63, 3.8) is 0 Å². The molecule has 2 aliphatic rings. The third-order valence-electron chi connectivity index (χ3n) is 6.23. The quantitative estimate of drug-likeness (QED) is 0.630. The molecule has 8 nitrogen and oxygen atoms in total. The second kappa shape index (κ2) is 6.63. The van der Waals surface area contributed by atoms with Gasteiger partial charge in [-0.1, -0.05) is 0 Å². The summed E-state index contributed by atoms with van der Waals surface area (Å²) < 4.78 is 74.0. The molecule has 0 aliphatic carbocycles. The standard InChI is InChI=1S/C20H20F3N3O5S/c1-4-32(29,30)25-13-8-18(2)14-15(19(13,3)31-18)17(28)26(16(14)27)11-6-5-10(9-24)12(7-11)20(21,22)23/h5-7,13,25,27-28H,4,8H2,1-3H3. The molecule has 1 fully saturated rings. The monoisotopic (exact) mass is 471 g/mol. The predicted molar refractivity (Wildman–Crippen MR) is 106 cm³/mol. The van der Waals surface area contributed by atoms with E-state index >= 15 is 0 Å². The van der Waals surface area contributed by atoms with E-state index in [1.54, 1.807) is 13.8 Å². The van der Waals surface area contributed by atoms with E-state index in [0.29, 0.717) is 6.07 Å². The molecule has 2 bridgehead atoms. The van der Waals surface area contributed by atoms with Crippen LogP contribution >= 0.6 is 0 Å². The van der Waals surface area contributed by atoms with Gasteiger partial charge in [-0.2, -0.15) is 18.4 Å². The minimum absolute atomic E-state index is 0.102. The lowest BCUT2D eigenvalue weighted by atomic mass is 9.77. The Morgan fingerprint density at radius 1 is 1.28 bits per heavy atom. The number of alkyl halides is 3. The van der Waals surface area contributed by atoms with E-state index in [9.17, 15) is 31.8 Å². The molecular weight excluding hydrogens is 451 g/mol. The van der Waals surface area contributed by atoms with Crippen molar-refractivity contribution in [3.8, 4) is 23.5 Å². The Kier molecular flexibility index (Phi) is 4.65. The third-order valence-corrected chi connectivity index (χ3v) is 7.63. The molecule has 3 N–H and O–H groups in total. The lowest BCUT2D eigenvalue weighted by Crippen LogP contribution is -2.47. The summed E-state index contributed by atoms with van der Waals surface area (Å²) >= 11 is 0. The molecule has 4 rings (SSSR count). The molecule has 3 atom stereocenters. The van der Waals surface area contributed by atoms with E-state index in [4.69, 9.17) is 10.00 Å². The van der Waals surface area contributed by atoms with E-state index in [0.717, 1.165) is 10.6 Å². The Morgan fingerprint density at radius 2 is 1.91 bits per heavy atom.